The normalized spacial score (nSPS) is 10.1. The number of nitrogens with one attached hydrogen (secondary N) is 1. The Kier molecular flexibility index (Phi) is 3.81. The fraction of sp³-hybridized carbons (Fsp3) is 0.182. The summed E-state index contributed by atoms with van der Waals surface area (Å²) in [4.78, 5) is 29.7. The third kappa shape index (κ3) is 3.35. The molecule has 2 heterocycles. The minimum atomic E-state index is -1.000. The highest BCUT2D eigenvalue weighted by atomic mass is 16.5. The molecule has 1 amide bonds. The van der Waals surface area contributed by atoms with Gasteiger partial charge in [-0.3, -0.25) is 14.6 Å². The molecular formula is C11H10N4O4. The molecule has 2 aromatic rings. The topological polar surface area (TPSA) is 118 Å². The molecule has 0 fully saturated rings. The summed E-state index contributed by atoms with van der Waals surface area (Å²) in [7, 11) is 0. The van der Waals surface area contributed by atoms with Crippen molar-refractivity contribution in [2.75, 3.05) is 6.54 Å². The van der Waals surface area contributed by atoms with Gasteiger partial charge in [-0.05, 0) is 12.1 Å². The number of carbonyl (C=O) groups is 2. The van der Waals surface area contributed by atoms with Gasteiger partial charge in [0.2, 0.25) is 5.82 Å². The minimum absolute atomic E-state index is 0.00450. The predicted molar refractivity (Wildman–Crippen MR) is 62.1 cm³/mol. The monoisotopic (exact) mass is 262 g/mol. The van der Waals surface area contributed by atoms with E-state index in [1.165, 1.54) is 0 Å². The lowest BCUT2D eigenvalue weighted by molar-refractivity contribution is -0.136. The van der Waals surface area contributed by atoms with Gasteiger partial charge in [0, 0.05) is 12.7 Å². The third-order valence-electron chi connectivity index (χ3n) is 2.14. The van der Waals surface area contributed by atoms with Gasteiger partial charge in [-0.1, -0.05) is 11.2 Å². The van der Waals surface area contributed by atoms with E-state index in [0.29, 0.717) is 5.69 Å². The molecule has 19 heavy (non-hydrogen) atoms. The van der Waals surface area contributed by atoms with Crippen LogP contribution >= 0.6 is 0 Å². The Morgan fingerprint density at radius 2 is 2.21 bits per heavy atom. The molecule has 2 N–H and O–H groups in total. The van der Waals surface area contributed by atoms with E-state index in [4.69, 9.17) is 9.63 Å². The quantitative estimate of drug-likeness (QED) is 0.797. The highest BCUT2D eigenvalue weighted by Gasteiger charge is 2.16. The van der Waals surface area contributed by atoms with Crippen LogP contribution in [0.3, 0.4) is 0 Å². The number of amides is 1. The second-order valence-corrected chi connectivity index (χ2v) is 3.54. The zero-order valence-corrected chi connectivity index (χ0v) is 9.74. The van der Waals surface area contributed by atoms with Gasteiger partial charge >= 0.3 is 17.8 Å². The van der Waals surface area contributed by atoms with Crippen LogP contribution in [0.2, 0.25) is 0 Å². The van der Waals surface area contributed by atoms with Crippen molar-refractivity contribution in [1.82, 2.24) is 20.4 Å². The molecule has 0 saturated heterocycles. The average Bonchev–Trinajstić information content (AvgIpc) is 2.89. The lowest BCUT2D eigenvalue weighted by Gasteiger charge is -1.97. The van der Waals surface area contributed by atoms with Gasteiger partial charge in [-0.2, -0.15) is 4.98 Å². The Morgan fingerprint density at radius 1 is 1.37 bits per heavy atom. The van der Waals surface area contributed by atoms with E-state index in [0.717, 1.165) is 0 Å². The first-order chi connectivity index (χ1) is 9.16. The fourth-order valence-corrected chi connectivity index (χ4v) is 1.27. The molecule has 2 rings (SSSR count). The van der Waals surface area contributed by atoms with Crippen LogP contribution in [-0.4, -0.2) is 38.7 Å². The molecule has 2 aromatic heterocycles. The molecule has 0 aliphatic rings. The highest BCUT2D eigenvalue weighted by molar-refractivity contribution is 5.90. The smallest absolute Gasteiger partial charge is 0.316 e. The largest absolute Gasteiger partial charge is 0.481 e. The van der Waals surface area contributed by atoms with Crippen LogP contribution in [0.1, 0.15) is 17.1 Å². The lowest BCUT2D eigenvalue weighted by atomic mass is 10.3. The predicted octanol–water partition coefficient (Wildman–Crippen LogP) is 0.336. The van der Waals surface area contributed by atoms with Gasteiger partial charge in [-0.15, -0.1) is 0 Å². The Hall–Kier alpha value is -2.77. The van der Waals surface area contributed by atoms with Crippen LogP contribution in [0.5, 0.6) is 0 Å². The van der Waals surface area contributed by atoms with Crippen molar-refractivity contribution in [3.63, 3.8) is 0 Å². The third-order valence-corrected chi connectivity index (χ3v) is 2.14. The maximum absolute atomic E-state index is 11.6. The number of hydrogen-bond donors (Lipinski definition) is 2. The molecule has 0 radical (unpaired) electrons. The number of aliphatic carboxylic acids is 1. The number of carboxylic acids is 1. The Morgan fingerprint density at radius 3 is 2.89 bits per heavy atom. The molecular weight excluding hydrogens is 252 g/mol. The molecule has 8 heteroatoms. The van der Waals surface area contributed by atoms with E-state index in [1.54, 1.807) is 24.4 Å². The molecule has 0 unspecified atom stereocenters. The second kappa shape index (κ2) is 5.71. The Balaban J connectivity index is 2.01. The molecule has 0 atom stereocenters. The van der Waals surface area contributed by atoms with Crippen molar-refractivity contribution in [1.29, 1.82) is 0 Å². The van der Waals surface area contributed by atoms with Gasteiger partial charge < -0.3 is 14.9 Å². The SMILES string of the molecule is O=C(O)CCNC(=O)c1nc(-c2ccccn2)no1. The molecule has 0 bridgehead atoms. The van der Waals surface area contributed by atoms with E-state index < -0.39 is 11.9 Å². The summed E-state index contributed by atoms with van der Waals surface area (Å²) in [5.74, 6) is -1.65. The summed E-state index contributed by atoms with van der Waals surface area (Å²) in [5.41, 5.74) is 0.482. The second-order valence-electron chi connectivity index (χ2n) is 3.54. The number of rotatable bonds is 5. The summed E-state index contributed by atoms with van der Waals surface area (Å²) >= 11 is 0. The zero-order valence-electron chi connectivity index (χ0n) is 9.74. The zero-order chi connectivity index (χ0) is 13.7. The molecule has 0 spiro atoms. The molecule has 0 saturated carbocycles. The van der Waals surface area contributed by atoms with E-state index in [9.17, 15) is 9.59 Å². The first kappa shape index (κ1) is 12.7. The van der Waals surface area contributed by atoms with Crippen LogP contribution in [0.15, 0.2) is 28.9 Å². The number of carbonyl (C=O) groups excluding carboxylic acids is 1. The highest BCUT2D eigenvalue weighted by Crippen LogP contribution is 2.11. The van der Waals surface area contributed by atoms with Gasteiger partial charge in [0.15, 0.2) is 0 Å². The summed E-state index contributed by atoms with van der Waals surface area (Å²) in [6, 6.07) is 5.17. The standard InChI is InChI=1S/C11H10N4O4/c16-8(17)4-6-13-10(18)11-14-9(15-19-11)7-3-1-2-5-12-7/h1-3,5H,4,6H2,(H,13,18)(H,16,17). The van der Waals surface area contributed by atoms with Crippen molar-refractivity contribution in [2.24, 2.45) is 0 Å². The lowest BCUT2D eigenvalue weighted by Crippen LogP contribution is -2.26. The van der Waals surface area contributed by atoms with E-state index in [2.05, 4.69) is 20.4 Å². The first-order valence-electron chi connectivity index (χ1n) is 5.42. The van der Waals surface area contributed by atoms with E-state index in [1.807, 2.05) is 0 Å². The number of carboxylic acid groups (broad SMARTS) is 1. The van der Waals surface area contributed by atoms with Gasteiger partial charge in [-0.25, -0.2) is 0 Å². The summed E-state index contributed by atoms with van der Waals surface area (Å²) in [5, 5.41) is 14.4. The summed E-state index contributed by atoms with van der Waals surface area (Å²) < 4.78 is 4.78. The fourth-order valence-electron chi connectivity index (χ4n) is 1.27. The Labute approximate surface area is 107 Å². The number of hydrogen-bond acceptors (Lipinski definition) is 6. The van der Waals surface area contributed by atoms with Crippen molar-refractivity contribution in [2.45, 2.75) is 6.42 Å². The summed E-state index contributed by atoms with van der Waals surface area (Å²) in [6.45, 7) is -0.00450. The van der Waals surface area contributed by atoms with E-state index in [-0.39, 0.29) is 24.7 Å². The molecule has 0 aliphatic carbocycles. The maximum Gasteiger partial charge on any atom is 0.316 e. The molecule has 8 nitrogen and oxygen atoms in total. The van der Waals surface area contributed by atoms with Crippen molar-refractivity contribution in [3.8, 4) is 11.5 Å². The van der Waals surface area contributed by atoms with Crippen LogP contribution in [0.4, 0.5) is 0 Å². The summed E-state index contributed by atoms with van der Waals surface area (Å²) in [6.07, 6.45) is 1.39. The maximum atomic E-state index is 11.6. The van der Waals surface area contributed by atoms with Crippen LogP contribution in [0.25, 0.3) is 11.5 Å². The van der Waals surface area contributed by atoms with Gasteiger partial charge in [0.05, 0.1) is 6.42 Å². The van der Waals surface area contributed by atoms with Gasteiger partial charge in [0.25, 0.3) is 0 Å². The van der Waals surface area contributed by atoms with Crippen LogP contribution in [0, 0.1) is 0 Å². The number of aromatic nitrogens is 3. The van der Waals surface area contributed by atoms with Crippen LogP contribution < -0.4 is 5.32 Å². The van der Waals surface area contributed by atoms with E-state index >= 15 is 0 Å². The number of pyridine rings is 1. The Bertz CT molecular complexity index is 581. The minimum Gasteiger partial charge on any atom is -0.481 e. The molecule has 0 aromatic carbocycles. The molecule has 0 aliphatic heterocycles. The van der Waals surface area contributed by atoms with Crippen molar-refractivity contribution in [3.05, 3.63) is 30.3 Å². The van der Waals surface area contributed by atoms with Gasteiger partial charge in [0.1, 0.15) is 5.69 Å². The number of nitrogens with zero attached hydrogens (tertiary/aromatic N) is 3. The van der Waals surface area contributed by atoms with Crippen molar-refractivity contribution < 1.29 is 19.2 Å². The first-order valence-corrected chi connectivity index (χ1v) is 5.42. The van der Waals surface area contributed by atoms with Crippen LogP contribution in [-0.2, 0) is 4.79 Å². The molecule has 98 valence electrons. The average molecular weight is 262 g/mol. The van der Waals surface area contributed by atoms with Crippen molar-refractivity contribution >= 4 is 11.9 Å².